The van der Waals surface area contributed by atoms with E-state index in [-0.39, 0.29) is 11.9 Å². The van der Waals surface area contributed by atoms with E-state index in [1.807, 2.05) is 0 Å². The van der Waals surface area contributed by atoms with Gasteiger partial charge in [-0.15, -0.1) is 0 Å². The third-order valence-corrected chi connectivity index (χ3v) is 3.66. The molecule has 0 bridgehead atoms. The summed E-state index contributed by atoms with van der Waals surface area (Å²) in [5.41, 5.74) is 0.982. The van der Waals surface area contributed by atoms with Gasteiger partial charge in [0.1, 0.15) is 5.82 Å². The first-order valence-corrected chi connectivity index (χ1v) is 7.68. The van der Waals surface area contributed by atoms with Gasteiger partial charge < -0.3 is 10.1 Å². The first-order valence-electron chi connectivity index (χ1n) is 7.68. The van der Waals surface area contributed by atoms with Gasteiger partial charge >= 0.3 is 6.09 Å². The largest absolute Gasteiger partial charge is 0.453 e. The molecule has 0 radical (unpaired) electrons. The number of ether oxygens (including phenoxy) is 1. The minimum atomic E-state index is -0.445. The molecule has 1 unspecified atom stereocenters. The van der Waals surface area contributed by atoms with Crippen LogP contribution >= 0.6 is 0 Å². The molecule has 0 spiro atoms. The van der Waals surface area contributed by atoms with Crippen LogP contribution in [0.5, 0.6) is 0 Å². The molecule has 1 rings (SSSR count). The number of benzene rings is 1. The Bertz CT molecular complexity index is 452. The SMILES string of the molecule is COC(=O)NC(Cc1ccc(F)cc1)CN(C(C)C)C(C)C. The lowest BCUT2D eigenvalue weighted by Crippen LogP contribution is -2.49. The maximum Gasteiger partial charge on any atom is 0.407 e. The predicted molar refractivity (Wildman–Crippen MR) is 86.4 cm³/mol. The Labute approximate surface area is 132 Å². The van der Waals surface area contributed by atoms with Crippen LogP contribution in [0.3, 0.4) is 0 Å². The van der Waals surface area contributed by atoms with Gasteiger partial charge in [-0.05, 0) is 51.8 Å². The van der Waals surface area contributed by atoms with Crippen LogP contribution in [0.2, 0.25) is 0 Å². The number of carbonyl (C=O) groups excluding carboxylic acids is 1. The smallest absolute Gasteiger partial charge is 0.407 e. The summed E-state index contributed by atoms with van der Waals surface area (Å²) in [4.78, 5) is 13.9. The average molecular weight is 310 g/mol. The zero-order valence-electron chi connectivity index (χ0n) is 14.1. The number of carbonyl (C=O) groups is 1. The molecule has 1 amide bonds. The number of hydrogen-bond donors (Lipinski definition) is 1. The molecule has 0 aliphatic heterocycles. The third-order valence-electron chi connectivity index (χ3n) is 3.66. The van der Waals surface area contributed by atoms with E-state index in [1.54, 1.807) is 12.1 Å². The Morgan fingerprint density at radius 2 is 1.73 bits per heavy atom. The lowest BCUT2D eigenvalue weighted by Gasteiger charge is -2.34. The van der Waals surface area contributed by atoms with Gasteiger partial charge in [0.25, 0.3) is 0 Å². The number of nitrogens with one attached hydrogen (secondary N) is 1. The molecule has 0 aliphatic rings. The van der Waals surface area contributed by atoms with Crippen molar-refractivity contribution in [2.24, 2.45) is 0 Å². The van der Waals surface area contributed by atoms with Crippen LogP contribution in [-0.2, 0) is 11.2 Å². The van der Waals surface area contributed by atoms with Crippen LogP contribution in [0.25, 0.3) is 0 Å². The highest BCUT2D eigenvalue weighted by Crippen LogP contribution is 2.11. The van der Waals surface area contributed by atoms with Crippen LogP contribution in [0.15, 0.2) is 24.3 Å². The fraction of sp³-hybridized carbons (Fsp3) is 0.588. The van der Waals surface area contributed by atoms with Crippen molar-refractivity contribution in [3.05, 3.63) is 35.6 Å². The topological polar surface area (TPSA) is 41.6 Å². The Morgan fingerprint density at radius 1 is 1.18 bits per heavy atom. The third kappa shape index (κ3) is 6.02. The first kappa shape index (κ1) is 18.4. The monoisotopic (exact) mass is 310 g/mol. The highest BCUT2D eigenvalue weighted by Gasteiger charge is 2.21. The molecule has 0 saturated heterocycles. The zero-order valence-corrected chi connectivity index (χ0v) is 14.1. The second-order valence-corrected chi connectivity index (χ2v) is 6.05. The van der Waals surface area contributed by atoms with E-state index in [9.17, 15) is 9.18 Å². The lowest BCUT2D eigenvalue weighted by atomic mass is 10.0. The van der Waals surface area contributed by atoms with Crippen LogP contribution in [0.4, 0.5) is 9.18 Å². The lowest BCUT2D eigenvalue weighted by molar-refractivity contribution is 0.138. The fourth-order valence-electron chi connectivity index (χ4n) is 2.56. The number of amides is 1. The van der Waals surface area contributed by atoms with Crippen molar-refractivity contribution in [3.8, 4) is 0 Å². The van der Waals surface area contributed by atoms with Gasteiger partial charge in [-0.1, -0.05) is 12.1 Å². The average Bonchev–Trinajstić information content (AvgIpc) is 2.45. The summed E-state index contributed by atoms with van der Waals surface area (Å²) in [6, 6.07) is 7.01. The molecule has 0 aromatic heterocycles. The van der Waals surface area contributed by atoms with E-state index >= 15 is 0 Å². The number of nitrogens with zero attached hydrogens (tertiary/aromatic N) is 1. The van der Waals surface area contributed by atoms with Crippen LogP contribution in [0, 0.1) is 5.82 Å². The molecule has 1 aromatic carbocycles. The highest BCUT2D eigenvalue weighted by molar-refractivity contribution is 5.67. The molecule has 1 aromatic rings. The summed E-state index contributed by atoms with van der Waals surface area (Å²) in [5, 5.41) is 2.87. The van der Waals surface area contributed by atoms with E-state index in [2.05, 4.69) is 37.9 Å². The molecule has 22 heavy (non-hydrogen) atoms. The van der Waals surface area contributed by atoms with Crippen molar-refractivity contribution in [1.82, 2.24) is 10.2 Å². The molecule has 0 saturated carbocycles. The number of rotatable bonds is 7. The van der Waals surface area contributed by atoms with Gasteiger partial charge in [0, 0.05) is 24.7 Å². The summed E-state index contributed by atoms with van der Waals surface area (Å²) >= 11 is 0. The molecule has 1 N–H and O–H groups in total. The molecular weight excluding hydrogens is 283 g/mol. The van der Waals surface area contributed by atoms with Crippen molar-refractivity contribution in [2.75, 3.05) is 13.7 Å². The van der Waals surface area contributed by atoms with E-state index < -0.39 is 6.09 Å². The van der Waals surface area contributed by atoms with E-state index in [0.717, 1.165) is 5.56 Å². The van der Waals surface area contributed by atoms with E-state index in [1.165, 1.54) is 19.2 Å². The molecule has 1 atom stereocenters. The second-order valence-electron chi connectivity index (χ2n) is 6.05. The zero-order chi connectivity index (χ0) is 16.7. The molecule has 0 heterocycles. The maximum absolute atomic E-state index is 13.0. The quantitative estimate of drug-likeness (QED) is 0.841. The number of hydrogen-bond acceptors (Lipinski definition) is 3. The number of alkyl carbamates (subject to hydrolysis) is 1. The van der Waals surface area contributed by atoms with Gasteiger partial charge in [0.15, 0.2) is 0 Å². The van der Waals surface area contributed by atoms with Gasteiger partial charge in [-0.2, -0.15) is 0 Å². The minimum Gasteiger partial charge on any atom is -0.453 e. The normalized spacial score (nSPS) is 12.8. The summed E-state index contributed by atoms with van der Waals surface area (Å²) in [6.45, 7) is 9.24. The van der Waals surface area contributed by atoms with Crippen LogP contribution in [-0.4, -0.2) is 42.8 Å². The summed E-state index contributed by atoms with van der Waals surface area (Å²) in [7, 11) is 1.35. The number of methoxy groups -OCH3 is 1. The molecular formula is C17H27FN2O2. The minimum absolute atomic E-state index is 0.0947. The van der Waals surface area contributed by atoms with E-state index in [4.69, 9.17) is 4.74 Å². The second kappa shape index (κ2) is 8.73. The van der Waals surface area contributed by atoms with Crippen molar-refractivity contribution in [1.29, 1.82) is 0 Å². The van der Waals surface area contributed by atoms with Crippen molar-refractivity contribution in [2.45, 2.75) is 52.2 Å². The Morgan fingerprint density at radius 3 is 2.18 bits per heavy atom. The Hall–Kier alpha value is -1.62. The van der Waals surface area contributed by atoms with Crippen molar-refractivity contribution < 1.29 is 13.9 Å². The van der Waals surface area contributed by atoms with Crippen LogP contribution in [0.1, 0.15) is 33.3 Å². The molecule has 0 fully saturated rings. The van der Waals surface area contributed by atoms with Crippen molar-refractivity contribution >= 4 is 6.09 Å². The van der Waals surface area contributed by atoms with Crippen LogP contribution < -0.4 is 5.32 Å². The molecule has 5 heteroatoms. The maximum atomic E-state index is 13.0. The number of halogens is 1. The predicted octanol–water partition coefficient (Wildman–Crippen LogP) is 3.21. The molecule has 0 aliphatic carbocycles. The van der Waals surface area contributed by atoms with Gasteiger partial charge in [0.2, 0.25) is 0 Å². The Balaban J connectivity index is 2.82. The first-order chi connectivity index (χ1) is 10.3. The molecule has 4 nitrogen and oxygen atoms in total. The van der Waals surface area contributed by atoms with Gasteiger partial charge in [-0.3, -0.25) is 4.90 Å². The summed E-state index contributed by atoms with van der Waals surface area (Å²) < 4.78 is 17.7. The Kier molecular flexibility index (Phi) is 7.32. The summed E-state index contributed by atoms with van der Waals surface area (Å²) in [6.07, 6.45) is 0.185. The fourth-order valence-corrected chi connectivity index (χ4v) is 2.56. The highest BCUT2D eigenvalue weighted by atomic mass is 19.1. The molecule has 124 valence electrons. The van der Waals surface area contributed by atoms with Crippen molar-refractivity contribution in [3.63, 3.8) is 0 Å². The van der Waals surface area contributed by atoms with Gasteiger partial charge in [-0.25, -0.2) is 9.18 Å². The van der Waals surface area contributed by atoms with Gasteiger partial charge in [0.05, 0.1) is 7.11 Å². The standard InChI is InChI=1S/C17H27FN2O2/c1-12(2)20(13(3)4)11-16(19-17(21)22-5)10-14-6-8-15(18)9-7-14/h6-9,12-13,16H,10-11H2,1-5H3,(H,19,21). The van der Waals surface area contributed by atoms with E-state index in [0.29, 0.717) is 25.0 Å². The summed E-state index contributed by atoms with van der Waals surface area (Å²) in [5.74, 6) is -0.257.